The van der Waals surface area contributed by atoms with Gasteiger partial charge in [0.2, 0.25) is 5.91 Å². The van der Waals surface area contributed by atoms with E-state index in [0.717, 1.165) is 34.0 Å². The van der Waals surface area contributed by atoms with Crippen molar-refractivity contribution in [3.05, 3.63) is 75.5 Å². The SMILES string of the molecule is Cc1ccc2c(C(c3ccc([N+](=O)[O-])cc3)N3CCCC3=O)c[nH]c2c1. The summed E-state index contributed by atoms with van der Waals surface area (Å²) in [5, 5.41) is 12.0. The van der Waals surface area contributed by atoms with Crippen molar-refractivity contribution < 1.29 is 9.72 Å². The third-order valence-corrected chi connectivity index (χ3v) is 5.01. The lowest BCUT2D eigenvalue weighted by molar-refractivity contribution is -0.384. The van der Waals surface area contributed by atoms with Gasteiger partial charge in [-0.25, -0.2) is 0 Å². The lowest BCUT2D eigenvalue weighted by Gasteiger charge is -2.28. The first kappa shape index (κ1) is 16.3. The Balaban J connectivity index is 1.85. The molecule has 6 heteroatoms. The van der Waals surface area contributed by atoms with Crippen LogP contribution in [0.3, 0.4) is 0 Å². The number of hydrogen-bond donors (Lipinski definition) is 1. The first-order valence-corrected chi connectivity index (χ1v) is 8.66. The summed E-state index contributed by atoms with van der Waals surface area (Å²) >= 11 is 0. The zero-order valence-electron chi connectivity index (χ0n) is 14.4. The van der Waals surface area contributed by atoms with Crippen LogP contribution in [0.1, 0.15) is 35.6 Å². The molecule has 1 unspecified atom stereocenters. The number of aryl methyl sites for hydroxylation is 1. The van der Waals surface area contributed by atoms with Crippen LogP contribution in [0.4, 0.5) is 5.69 Å². The van der Waals surface area contributed by atoms with Gasteiger partial charge >= 0.3 is 0 Å². The number of amides is 1. The minimum Gasteiger partial charge on any atom is -0.361 e. The van der Waals surface area contributed by atoms with Gasteiger partial charge < -0.3 is 9.88 Å². The molecule has 1 N–H and O–H groups in total. The highest BCUT2D eigenvalue weighted by molar-refractivity contribution is 5.86. The van der Waals surface area contributed by atoms with Crippen molar-refractivity contribution in [2.45, 2.75) is 25.8 Å². The van der Waals surface area contributed by atoms with E-state index in [1.807, 2.05) is 18.0 Å². The molecule has 1 atom stereocenters. The van der Waals surface area contributed by atoms with Crippen LogP contribution in [0.2, 0.25) is 0 Å². The summed E-state index contributed by atoms with van der Waals surface area (Å²) in [5.74, 6) is 0.120. The number of fused-ring (bicyclic) bond motifs is 1. The van der Waals surface area contributed by atoms with Gasteiger partial charge in [0.1, 0.15) is 0 Å². The topological polar surface area (TPSA) is 79.2 Å². The third kappa shape index (κ3) is 2.73. The quantitative estimate of drug-likeness (QED) is 0.569. The number of nitro benzene ring substituents is 1. The normalized spacial score (nSPS) is 15.6. The number of non-ortho nitro benzene ring substituents is 1. The number of likely N-dealkylation sites (tertiary alicyclic amines) is 1. The molecule has 1 aliphatic heterocycles. The zero-order chi connectivity index (χ0) is 18.3. The lowest BCUT2D eigenvalue weighted by atomic mass is 9.96. The van der Waals surface area contributed by atoms with Crippen molar-refractivity contribution in [1.82, 2.24) is 9.88 Å². The second-order valence-electron chi connectivity index (χ2n) is 6.73. The van der Waals surface area contributed by atoms with E-state index in [2.05, 4.69) is 23.2 Å². The second kappa shape index (κ2) is 6.29. The van der Waals surface area contributed by atoms with Crippen molar-refractivity contribution >= 4 is 22.5 Å². The average molecular weight is 349 g/mol. The Labute approximate surface area is 150 Å². The molecule has 2 heterocycles. The summed E-state index contributed by atoms with van der Waals surface area (Å²) in [6.07, 6.45) is 3.33. The molecule has 1 aliphatic rings. The third-order valence-electron chi connectivity index (χ3n) is 5.01. The van der Waals surface area contributed by atoms with Crippen molar-refractivity contribution in [3.63, 3.8) is 0 Å². The van der Waals surface area contributed by atoms with Gasteiger partial charge in [-0.3, -0.25) is 14.9 Å². The average Bonchev–Trinajstić information content (AvgIpc) is 3.23. The maximum absolute atomic E-state index is 12.5. The molecule has 1 aromatic heterocycles. The van der Waals surface area contributed by atoms with Crippen LogP contribution in [-0.2, 0) is 4.79 Å². The van der Waals surface area contributed by atoms with Crippen molar-refractivity contribution in [1.29, 1.82) is 0 Å². The van der Waals surface area contributed by atoms with E-state index in [4.69, 9.17) is 0 Å². The predicted molar refractivity (Wildman–Crippen MR) is 98.9 cm³/mol. The molecule has 26 heavy (non-hydrogen) atoms. The van der Waals surface area contributed by atoms with Crippen LogP contribution < -0.4 is 0 Å². The molecule has 0 saturated carbocycles. The molecule has 4 rings (SSSR count). The van der Waals surface area contributed by atoms with E-state index in [-0.39, 0.29) is 17.6 Å². The fourth-order valence-corrected chi connectivity index (χ4v) is 3.74. The predicted octanol–water partition coefficient (Wildman–Crippen LogP) is 4.10. The fourth-order valence-electron chi connectivity index (χ4n) is 3.74. The van der Waals surface area contributed by atoms with Gasteiger partial charge in [-0.05, 0) is 42.7 Å². The molecule has 0 aliphatic carbocycles. The number of H-pyrrole nitrogens is 1. The van der Waals surface area contributed by atoms with Crippen LogP contribution in [0, 0.1) is 17.0 Å². The van der Waals surface area contributed by atoms with Crippen molar-refractivity contribution in [2.75, 3.05) is 6.54 Å². The van der Waals surface area contributed by atoms with Gasteiger partial charge in [0, 0.05) is 47.8 Å². The largest absolute Gasteiger partial charge is 0.361 e. The molecule has 0 spiro atoms. The Morgan fingerprint density at radius 3 is 2.62 bits per heavy atom. The van der Waals surface area contributed by atoms with Crippen LogP contribution in [0.5, 0.6) is 0 Å². The summed E-state index contributed by atoms with van der Waals surface area (Å²) in [5.41, 5.74) is 4.14. The van der Waals surface area contributed by atoms with Gasteiger partial charge in [-0.1, -0.05) is 12.1 Å². The fraction of sp³-hybridized carbons (Fsp3) is 0.250. The number of hydrogen-bond acceptors (Lipinski definition) is 3. The van der Waals surface area contributed by atoms with Crippen LogP contribution in [-0.4, -0.2) is 27.3 Å². The Kier molecular flexibility index (Phi) is 3.95. The Morgan fingerprint density at radius 2 is 1.96 bits per heavy atom. The monoisotopic (exact) mass is 349 g/mol. The number of nitro groups is 1. The standard InChI is InChI=1S/C20H19N3O3/c1-13-4-9-16-17(12-21-18(16)11-13)20(22-10-2-3-19(22)24)14-5-7-15(8-6-14)23(25)26/h4-9,11-12,20-21H,2-3,10H2,1H3. The summed E-state index contributed by atoms with van der Waals surface area (Å²) in [7, 11) is 0. The van der Waals surface area contributed by atoms with Crippen molar-refractivity contribution in [3.8, 4) is 0 Å². The maximum Gasteiger partial charge on any atom is 0.269 e. The minimum absolute atomic E-state index is 0.0507. The highest BCUT2D eigenvalue weighted by atomic mass is 16.6. The Hall–Kier alpha value is -3.15. The first-order chi connectivity index (χ1) is 12.5. The molecule has 6 nitrogen and oxygen atoms in total. The number of carbonyl (C=O) groups excluding carboxylic acids is 1. The number of nitrogens with one attached hydrogen (secondary N) is 1. The summed E-state index contributed by atoms with van der Waals surface area (Å²) in [4.78, 5) is 28.2. The zero-order valence-corrected chi connectivity index (χ0v) is 14.4. The molecule has 3 aromatic rings. The van der Waals surface area contributed by atoms with Gasteiger partial charge in [-0.15, -0.1) is 0 Å². The van der Waals surface area contributed by atoms with E-state index in [1.54, 1.807) is 12.1 Å². The number of aromatic nitrogens is 1. The van der Waals surface area contributed by atoms with Gasteiger partial charge in [-0.2, -0.15) is 0 Å². The number of carbonyl (C=O) groups is 1. The van der Waals surface area contributed by atoms with E-state index in [0.29, 0.717) is 13.0 Å². The molecular formula is C20H19N3O3. The van der Waals surface area contributed by atoms with Crippen molar-refractivity contribution in [2.24, 2.45) is 0 Å². The molecule has 1 saturated heterocycles. The number of aromatic amines is 1. The lowest BCUT2D eigenvalue weighted by Crippen LogP contribution is -2.30. The molecular weight excluding hydrogens is 330 g/mol. The van der Waals surface area contributed by atoms with Crippen LogP contribution in [0.25, 0.3) is 10.9 Å². The Bertz CT molecular complexity index is 991. The molecule has 0 bridgehead atoms. The van der Waals surface area contributed by atoms with Gasteiger partial charge in [0.25, 0.3) is 5.69 Å². The molecule has 2 aromatic carbocycles. The first-order valence-electron chi connectivity index (χ1n) is 8.66. The summed E-state index contributed by atoms with van der Waals surface area (Å²) in [6, 6.07) is 12.5. The molecule has 1 amide bonds. The number of nitrogens with zero attached hydrogens (tertiary/aromatic N) is 2. The number of benzene rings is 2. The van der Waals surface area contributed by atoms with E-state index in [9.17, 15) is 14.9 Å². The maximum atomic E-state index is 12.5. The molecule has 132 valence electrons. The highest BCUT2D eigenvalue weighted by Gasteiger charge is 2.32. The van der Waals surface area contributed by atoms with Gasteiger partial charge in [0.15, 0.2) is 0 Å². The number of rotatable bonds is 4. The smallest absolute Gasteiger partial charge is 0.269 e. The molecule has 1 fully saturated rings. The Morgan fingerprint density at radius 1 is 1.19 bits per heavy atom. The van der Waals surface area contributed by atoms with Crippen LogP contribution in [0.15, 0.2) is 48.7 Å². The summed E-state index contributed by atoms with van der Waals surface area (Å²) < 4.78 is 0. The summed E-state index contributed by atoms with van der Waals surface area (Å²) in [6.45, 7) is 2.73. The molecule has 0 radical (unpaired) electrons. The highest BCUT2D eigenvalue weighted by Crippen LogP contribution is 2.36. The minimum atomic E-state index is -0.408. The van der Waals surface area contributed by atoms with E-state index >= 15 is 0 Å². The second-order valence-corrected chi connectivity index (χ2v) is 6.73. The van der Waals surface area contributed by atoms with E-state index in [1.165, 1.54) is 12.1 Å². The van der Waals surface area contributed by atoms with Gasteiger partial charge in [0.05, 0.1) is 11.0 Å². The van der Waals surface area contributed by atoms with Crippen LogP contribution >= 0.6 is 0 Å². The van der Waals surface area contributed by atoms with E-state index < -0.39 is 4.92 Å².